The summed E-state index contributed by atoms with van der Waals surface area (Å²) in [6.45, 7) is 11.5. The first-order valence-corrected chi connectivity index (χ1v) is 8.66. The van der Waals surface area contributed by atoms with Crippen molar-refractivity contribution >= 4 is 0 Å². The summed E-state index contributed by atoms with van der Waals surface area (Å²) in [5.74, 6) is 1.86. The van der Waals surface area contributed by atoms with E-state index in [-0.39, 0.29) is 5.41 Å². The van der Waals surface area contributed by atoms with Crippen molar-refractivity contribution in [2.24, 2.45) is 0 Å². The molecule has 2 aromatic carbocycles. The van der Waals surface area contributed by atoms with Gasteiger partial charge < -0.3 is 14.8 Å². The van der Waals surface area contributed by atoms with E-state index in [1.807, 2.05) is 30.3 Å². The molecule has 0 fully saturated rings. The van der Waals surface area contributed by atoms with Gasteiger partial charge in [0.05, 0.1) is 0 Å². The smallest absolute Gasteiger partial charge is 0.123 e. The lowest BCUT2D eigenvalue weighted by Gasteiger charge is -2.22. The number of rotatable bonds is 8. The van der Waals surface area contributed by atoms with Crippen molar-refractivity contribution in [1.29, 1.82) is 0 Å². The van der Waals surface area contributed by atoms with Crippen molar-refractivity contribution in [2.45, 2.75) is 39.7 Å². The van der Waals surface area contributed by atoms with Crippen LogP contribution in [-0.4, -0.2) is 19.8 Å². The Morgan fingerprint density at radius 1 is 0.833 bits per heavy atom. The number of benzene rings is 2. The fourth-order valence-corrected chi connectivity index (χ4v) is 2.57. The normalized spacial score (nSPS) is 11.3. The van der Waals surface area contributed by atoms with E-state index in [1.54, 1.807) is 0 Å². The van der Waals surface area contributed by atoms with Gasteiger partial charge in [-0.3, -0.25) is 0 Å². The molecule has 2 aromatic rings. The summed E-state index contributed by atoms with van der Waals surface area (Å²) >= 11 is 0. The summed E-state index contributed by atoms with van der Waals surface area (Å²) in [6, 6.07) is 16.4. The van der Waals surface area contributed by atoms with Gasteiger partial charge in [-0.1, -0.05) is 64.1 Å². The molecule has 0 saturated carbocycles. The summed E-state index contributed by atoms with van der Waals surface area (Å²) in [5, 5.41) is 3.33. The molecule has 0 spiro atoms. The van der Waals surface area contributed by atoms with Gasteiger partial charge in [0.15, 0.2) is 0 Å². The third-order valence-electron chi connectivity index (χ3n) is 3.83. The predicted molar refractivity (Wildman–Crippen MR) is 100.0 cm³/mol. The van der Waals surface area contributed by atoms with Gasteiger partial charge in [-0.15, -0.1) is 0 Å². The Kier molecular flexibility index (Phi) is 6.68. The summed E-state index contributed by atoms with van der Waals surface area (Å²) in [7, 11) is 0. The second-order valence-electron chi connectivity index (χ2n) is 6.83. The number of para-hydroxylation sites is 2. The maximum absolute atomic E-state index is 5.97. The molecule has 0 aromatic heterocycles. The van der Waals surface area contributed by atoms with Gasteiger partial charge in [-0.25, -0.2) is 0 Å². The summed E-state index contributed by atoms with van der Waals surface area (Å²) in [5.41, 5.74) is 2.46. The van der Waals surface area contributed by atoms with Crippen LogP contribution in [0.25, 0.3) is 0 Å². The fraction of sp³-hybridized carbons (Fsp3) is 0.429. The number of ether oxygens (including phenoxy) is 2. The lowest BCUT2D eigenvalue weighted by Crippen LogP contribution is -2.16. The van der Waals surface area contributed by atoms with E-state index in [1.165, 1.54) is 11.1 Å². The van der Waals surface area contributed by atoms with Crippen LogP contribution in [0.1, 0.15) is 38.8 Å². The van der Waals surface area contributed by atoms with Gasteiger partial charge in [0.1, 0.15) is 24.7 Å². The molecule has 0 aliphatic carbocycles. The Balaban J connectivity index is 1.90. The van der Waals surface area contributed by atoms with Crippen LogP contribution >= 0.6 is 0 Å². The topological polar surface area (TPSA) is 30.5 Å². The molecule has 2 rings (SSSR count). The molecule has 0 unspecified atom stereocenters. The molecule has 0 heterocycles. The van der Waals surface area contributed by atoms with Crippen molar-refractivity contribution in [3.63, 3.8) is 0 Å². The first kappa shape index (κ1) is 18.3. The minimum Gasteiger partial charge on any atom is -0.490 e. The average molecular weight is 327 g/mol. The van der Waals surface area contributed by atoms with Gasteiger partial charge in [0, 0.05) is 12.1 Å². The summed E-state index contributed by atoms with van der Waals surface area (Å²) in [6.07, 6.45) is 0. The van der Waals surface area contributed by atoms with Crippen LogP contribution in [0.2, 0.25) is 0 Å². The van der Waals surface area contributed by atoms with Crippen molar-refractivity contribution in [1.82, 2.24) is 5.32 Å². The largest absolute Gasteiger partial charge is 0.490 e. The molecule has 0 aliphatic rings. The zero-order valence-corrected chi connectivity index (χ0v) is 15.3. The number of hydrogen-bond donors (Lipinski definition) is 1. The lowest BCUT2D eigenvalue weighted by atomic mass is 9.86. The van der Waals surface area contributed by atoms with Gasteiger partial charge >= 0.3 is 0 Å². The van der Waals surface area contributed by atoms with Crippen LogP contribution < -0.4 is 14.8 Å². The average Bonchev–Trinajstić information content (AvgIpc) is 2.57. The predicted octanol–water partition coefficient (Wildman–Crippen LogP) is 4.55. The molecular formula is C21H29NO2. The summed E-state index contributed by atoms with van der Waals surface area (Å²) < 4.78 is 11.9. The third-order valence-corrected chi connectivity index (χ3v) is 3.83. The Morgan fingerprint density at radius 3 is 2.08 bits per heavy atom. The van der Waals surface area contributed by atoms with Crippen LogP contribution in [0.3, 0.4) is 0 Å². The molecule has 3 heteroatoms. The van der Waals surface area contributed by atoms with Crippen molar-refractivity contribution in [3.8, 4) is 11.5 Å². The van der Waals surface area contributed by atoms with Gasteiger partial charge in [0.25, 0.3) is 0 Å². The van der Waals surface area contributed by atoms with Crippen LogP contribution in [0.5, 0.6) is 11.5 Å². The first-order chi connectivity index (χ1) is 11.5. The van der Waals surface area contributed by atoms with Crippen LogP contribution in [0, 0.1) is 0 Å². The molecular weight excluding hydrogens is 298 g/mol. The summed E-state index contributed by atoms with van der Waals surface area (Å²) in [4.78, 5) is 0. The highest BCUT2D eigenvalue weighted by Crippen LogP contribution is 2.30. The molecule has 3 nitrogen and oxygen atoms in total. The molecule has 0 atom stereocenters. The van der Waals surface area contributed by atoms with Gasteiger partial charge in [0.2, 0.25) is 0 Å². The van der Waals surface area contributed by atoms with E-state index in [0.29, 0.717) is 13.2 Å². The van der Waals surface area contributed by atoms with E-state index >= 15 is 0 Å². The van der Waals surface area contributed by atoms with Crippen molar-refractivity contribution < 1.29 is 9.47 Å². The molecule has 0 aliphatic heterocycles. The van der Waals surface area contributed by atoms with Crippen LogP contribution in [0.15, 0.2) is 48.5 Å². The van der Waals surface area contributed by atoms with Crippen LogP contribution in [-0.2, 0) is 12.0 Å². The minimum atomic E-state index is 0.0653. The SMILES string of the molecule is CCNCc1ccccc1OCCOc1ccccc1C(C)(C)C. The van der Waals surface area contributed by atoms with E-state index in [0.717, 1.165) is 24.6 Å². The number of nitrogens with one attached hydrogen (secondary N) is 1. The zero-order valence-electron chi connectivity index (χ0n) is 15.3. The molecule has 130 valence electrons. The van der Waals surface area contributed by atoms with Crippen LogP contribution in [0.4, 0.5) is 0 Å². The lowest BCUT2D eigenvalue weighted by molar-refractivity contribution is 0.213. The molecule has 0 radical (unpaired) electrons. The second-order valence-corrected chi connectivity index (χ2v) is 6.83. The Bertz CT molecular complexity index is 632. The van der Waals surface area contributed by atoms with Gasteiger partial charge in [-0.05, 0) is 29.7 Å². The zero-order chi connectivity index (χ0) is 17.4. The number of hydrogen-bond acceptors (Lipinski definition) is 3. The minimum absolute atomic E-state index is 0.0653. The molecule has 0 amide bonds. The maximum atomic E-state index is 5.97. The van der Waals surface area contributed by atoms with Gasteiger partial charge in [-0.2, -0.15) is 0 Å². The van der Waals surface area contributed by atoms with Crippen molar-refractivity contribution in [3.05, 3.63) is 59.7 Å². The Morgan fingerprint density at radius 2 is 1.42 bits per heavy atom. The van der Waals surface area contributed by atoms with Crippen molar-refractivity contribution in [2.75, 3.05) is 19.8 Å². The maximum Gasteiger partial charge on any atom is 0.123 e. The Hall–Kier alpha value is -2.00. The highest BCUT2D eigenvalue weighted by Gasteiger charge is 2.18. The molecule has 24 heavy (non-hydrogen) atoms. The molecule has 0 bridgehead atoms. The van der Waals surface area contributed by atoms with E-state index in [4.69, 9.17) is 9.47 Å². The standard InChI is InChI=1S/C21H29NO2/c1-5-22-16-17-10-6-8-12-19(17)23-14-15-24-20-13-9-7-11-18(20)21(2,3)4/h6-13,22H,5,14-16H2,1-4H3. The first-order valence-electron chi connectivity index (χ1n) is 8.66. The monoisotopic (exact) mass is 327 g/mol. The second kappa shape index (κ2) is 8.74. The molecule has 1 N–H and O–H groups in total. The van der Waals surface area contributed by atoms with E-state index in [9.17, 15) is 0 Å². The quantitative estimate of drug-likeness (QED) is 0.722. The Labute approximate surface area is 146 Å². The van der Waals surface area contributed by atoms with E-state index < -0.39 is 0 Å². The third kappa shape index (κ3) is 5.27. The highest BCUT2D eigenvalue weighted by atomic mass is 16.5. The van der Waals surface area contributed by atoms with E-state index in [2.05, 4.69) is 51.2 Å². The molecule has 0 saturated heterocycles. The highest BCUT2D eigenvalue weighted by molar-refractivity contribution is 5.38. The fourth-order valence-electron chi connectivity index (χ4n) is 2.57.